The first kappa shape index (κ1) is 38.9. The molecular formula is C34H34F9N2O4S3+. The monoisotopic (exact) mass is 801 g/mol. The lowest BCUT2D eigenvalue weighted by Gasteiger charge is -2.60. The maximum atomic E-state index is 14.5. The smallest absolute Gasteiger partial charge is 0.297 e. The summed E-state index contributed by atoms with van der Waals surface area (Å²) in [5, 5.41) is -4.41. The first-order valence-corrected chi connectivity index (χ1v) is 20.4. The summed E-state index contributed by atoms with van der Waals surface area (Å²) in [4.78, 5) is 3.35. The number of nitrogens with one attached hydrogen (secondary N) is 1. The molecule has 2 unspecified atom stereocenters. The van der Waals surface area contributed by atoms with E-state index < -0.39 is 69.3 Å². The second-order valence-corrected chi connectivity index (χ2v) is 20.0. The van der Waals surface area contributed by atoms with Gasteiger partial charge in [0.15, 0.2) is 14.7 Å². The Labute approximate surface area is 298 Å². The zero-order chi connectivity index (χ0) is 38.1. The molecule has 0 aromatic heterocycles. The van der Waals surface area contributed by atoms with Crippen molar-refractivity contribution in [2.24, 2.45) is 17.8 Å². The molecule has 2 atom stereocenters. The molecule has 0 aliphatic heterocycles. The molecule has 3 aromatic carbocycles. The molecule has 4 aliphatic carbocycles. The summed E-state index contributed by atoms with van der Waals surface area (Å²) in [5.41, 5.74) is 0.194. The highest BCUT2D eigenvalue weighted by atomic mass is 32.3. The summed E-state index contributed by atoms with van der Waals surface area (Å²) in [5.74, 6) is -16.1. The Hall–Kier alpha value is -2.80. The van der Waals surface area contributed by atoms with Crippen molar-refractivity contribution in [3.05, 3.63) is 90.5 Å². The van der Waals surface area contributed by atoms with Crippen LogP contribution in [-0.4, -0.2) is 62.3 Å². The van der Waals surface area contributed by atoms with Crippen molar-refractivity contribution in [1.82, 2.24) is 9.03 Å². The van der Waals surface area contributed by atoms with Gasteiger partial charge in [-0.15, -0.1) is 0 Å². The minimum Gasteiger partial charge on any atom is -0.297 e. The lowest BCUT2D eigenvalue weighted by molar-refractivity contribution is -0.382. The van der Waals surface area contributed by atoms with E-state index >= 15 is 0 Å². The molecule has 7 rings (SSSR count). The average Bonchev–Trinajstić information content (AvgIpc) is 3.07. The van der Waals surface area contributed by atoms with Crippen molar-refractivity contribution in [2.75, 3.05) is 12.9 Å². The Morgan fingerprint density at radius 3 is 1.71 bits per heavy atom. The minimum atomic E-state index is -7.55. The van der Waals surface area contributed by atoms with Gasteiger partial charge >= 0.3 is 23.3 Å². The highest BCUT2D eigenvalue weighted by Gasteiger charge is 2.86. The number of halogens is 9. The van der Waals surface area contributed by atoms with E-state index in [2.05, 4.69) is 47.8 Å². The molecule has 18 heteroatoms. The fourth-order valence-corrected chi connectivity index (χ4v) is 13.5. The highest BCUT2D eigenvalue weighted by Crippen LogP contribution is 2.62. The first-order valence-electron chi connectivity index (χ1n) is 16.2. The van der Waals surface area contributed by atoms with E-state index in [1.54, 1.807) is 0 Å². The van der Waals surface area contributed by atoms with Crippen LogP contribution < -0.4 is 5.32 Å². The van der Waals surface area contributed by atoms with Crippen LogP contribution in [0.3, 0.4) is 0 Å². The normalized spacial score (nSPS) is 25.6. The van der Waals surface area contributed by atoms with Crippen LogP contribution in [0.2, 0.25) is 0 Å². The van der Waals surface area contributed by atoms with E-state index in [-0.39, 0.29) is 30.7 Å². The molecule has 0 amide bonds. The zero-order valence-electron chi connectivity index (χ0n) is 27.3. The number of rotatable bonds is 12. The maximum absolute atomic E-state index is 14.5. The molecule has 0 heterocycles. The summed E-state index contributed by atoms with van der Waals surface area (Å²) in [7, 11) is -13.4. The van der Waals surface area contributed by atoms with Gasteiger partial charge in [-0.05, 0) is 97.7 Å². The quantitative estimate of drug-likeness (QED) is 0.148. The van der Waals surface area contributed by atoms with Gasteiger partial charge in [0, 0.05) is 12.6 Å². The SMILES string of the molecule is CN(S(=O)(=O)CNC12CC3CC(C1)C(c1cccc([S+](c4ccccc4)c4ccccc4)c1)C(C3)C2)S(=O)(=O)C(F)(F)C(F)(F)C(F)(F)C(F)(F)F. The lowest BCUT2D eigenvalue weighted by atomic mass is 9.48. The van der Waals surface area contributed by atoms with Crippen molar-refractivity contribution in [3.63, 3.8) is 0 Å². The Bertz CT molecular complexity index is 1950. The van der Waals surface area contributed by atoms with Crippen LogP contribution in [0.1, 0.15) is 43.6 Å². The molecular weight excluding hydrogens is 768 g/mol. The van der Waals surface area contributed by atoms with E-state index in [9.17, 15) is 56.3 Å². The minimum absolute atomic E-state index is 0.0426. The number of nitrogens with zero attached hydrogens (tertiary/aromatic N) is 1. The van der Waals surface area contributed by atoms with Gasteiger partial charge < -0.3 is 0 Å². The van der Waals surface area contributed by atoms with Crippen molar-refractivity contribution in [1.29, 1.82) is 0 Å². The van der Waals surface area contributed by atoms with Gasteiger partial charge in [0.2, 0.25) is 10.0 Å². The van der Waals surface area contributed by atoms with E-state index in [1.165, 1.54) is 0 Å². The van der Waals surface area contributed by atoms with Crippen LogP contribution in [-0.2, 0) is 30.9 Å². The van der Waals surface area contributed by atoms with Crippen LogP contribution in [0.15, 0.2) is 99.6 Å². The molecule has 4 bridgehead atoms. The third kappa shape index (κ3) is 6.43. The van der Waals surface area contributed by atoms with Crippen LogP contribution in [0.5, 0.6) is 0 Å². The average molecular weight is 802 g/mol. The maximum Gasteiger partial charge on any atom is 0.460 e. The number of benzene rings is 3. The molecule has 4 saturated carbocycles. The summed E-state index contributed by atoms with van der Waals surface area (Å²) in [6.07, 6.45) is -4.37. The van der Waals surface area contributed by atoms with Crippen LogP contribution in [0, 0.1) is 17.8 Å². The predicted molar refractivity (Wildman–Crippen MR) is 175 cm³/mol. The Kier molecular flexibility index (Phi) is 9.88. The number of alkyl halides is 9. The molecule has 3 aromatic rings. The molecule has 0 radical (unpaired) electrons. The standard InChI is InChI=1S/C34H34F9N2O4S3/c1-45(52(48,49)34(42,43)32(37,38)31(35,36)33(39,40)41)51(46,47)21-44-30-18-22-15-24(19-30)29(25(16-22)20-30)23-9-8-14-28(17-23)50(26-10-4-2-5-11-26)27-12-6-3-7-13-27/h2-14,17,22,24-25,29,44H,15-16,18-21H2,1H3/q+1. The number of sulfonamides is 2. The van der Waals surface area contributed by atoms with E-state index in [0.29, 0.717) is 19.3 Å². The summed E-state index contributed by atoms with van der Waals surface area (Å²) in [6, 6.07) is 28.4. The van der Waals surface area contributed by atoms with Gasteiger partial charge in [-0.2, -0.15) is 39.5 Å². The molecule has 1 N–H and O–H groups in total. The van der Waals surface area contributed by atoms with Gasteiger partial charge in [-0.3, -0.25) is 5.32 Å². The van der Waals surface area contributed by atoms with E-state index in [0.717, 1.165) is 33.1 Å². The third-order valence-electron chi connectivity index (χ3n) is 10.5. The van der Waals surface area contributed by atoms with Crippen molar-refractivity contribution < 1.29 is 56.3 Å². The molecule has 4 aliphatic rings. The summed E-state index contributed by atoms with van der Waals surface area (Å²) >= 11 is 0. The molecule has 284 valence electrons. The van der Waals surface area contributed by atoms with Gasteiger partial charge in [0.25, 0.3) is 10.0 Å². The second kappa shape index (κ2) is 13.2. The second-order valence-electron chi connectivity index (χ2n) is 13.8. The van der Waals surface area contributed by atoms with E-state index in [1.807, 2.05) is 42.5 Å². The van der Waals surface area contributed by atoms with E-state index in [4.69, 9.17) is 0 Å². The summed E-state index contributed by atoms with van der Waals surface area (Å²) in [6.45, 7) is 0. The van der Waals surface area contributed by atoms with Crippen molar-refractivity contribution in [2.45, 2.75) is 81.5 Å². The largest absolute Gasteiger partial charge is 0.460 e. The number of hydrogen-bond acceptors (Lipinski definition) is 5. The zero-order valence-corrected chi connectivity index (χ0v) is 29.8. The van der Waals surface area contributed by atoms with Crippen molar-refractivity contribution in [3.8, 4) is 0 Å². The number of hydrogen-bond donors (Lipinski definition) is 1. The first-order chi connectivity index (χ1) is 24.0. The third-order valence-corrected chi connectivity index (χ3v) is 16.9. The predicted octanol–water partition coefficient (Wildman–Crippen LogP) is 8.01. The highest BCUT2D eigenvalue weighted by molar-refractivity contribution is 8.04. The lowest BCUT2D eigenvalue weighted by Crippen LogP contribution is -2.66. The topological polar surface area (TPSA) is 83.6 Å². The molecule has 4 fully saturated rings. The summed E-state index contributed by atoms with van der Waals surface area (Å²) < 4.78 is 171. The Balaban J connectivity index is 1.21. The molecule has 52 heavy (non-hydrogen) atoms. The molecule has 6 nitrogen and oxygen atoms in total. The van der Waals surface area contributed by atoms with Gasteiger partial charge in [0.1, 0.15) is 5.88 Å². The van der Waals surface area contributed by atoms with Crippen LogP contribution in [0.25, 0.3) is 0 Å². The fraction of sp³-hybridized carbons (Fsp3) is 0.471. The molecule has 0 saturated heterocycles. The molecule has 0 spiro atoms. The van der Waals surface area contributed by atoms with Gasteiger partial charge in [-0.25, -0.2) is 16.8 Å². The van der Waals surface area contributed by atoms with Crippen molar-refractivity contribution >= 4 is 30.9 Å². The van der Waals surface area contributed by atoms with Crippen LogP contribution >= 0.6 is 0 Å². The Morgan fingerprint density at radius 2 is 1.21 bits per heavy atom. The van der Waals surface area contributed by atoms with Gasteiger partial charge in [-0.1, -0.05) is 52.2 Å². The van der Waals surface area contributed by atoms with Gasteiger partial charge in [0.05, 0.1) is 10.9 Å². The van der Waals surface area contributed by atoms with Crippen LogP contribution in [0.4, 0.5) is 39.5 Å². The fourth-order valence-electron chi connectivity index (χ4n) is 8.32. The Morgan fingerprint density at radius 1 is 0.712 bits per heavy atom.